The number of para-hydroxylation sites is 2. The molecule has 3 aromatic carbocycles. The van der Waals surface area contributed by atoms with Gasteiger partial charge in [-0.25, -0.2) is 9.78 Å². The molecule has 0 aliphatic rings. The Labute approximate surface area is 190 Å². The van der Waals surface area contributed by atoms with Gasteiger partial charge in [0.05, 0.1) is 12.2 Å². The minimum Gasteiger partial charge on any atom is -0.473 e. The van der Waals surface area contributed by atoms with Crippen molar-refractivity contribution in [3.63, 3.8) is 0 Å². The molecular weight excluding hydrogens is 514 g/mol. The Balaban J connectivity index is 1.77. The number of rotatable bonds is 6. The average Bonchev–Trinajstić information content (AvgIpc) is 3.17. The number of nitrogens with zero attached hydrogens (tertiary/aromatic N) is 1. The molecule has 1 unspecified atom stereocenters. The van der Waals surface area contributed by atoms with Crippen LogP contribution < -0.4 is 4.74 Å². The van der Waals surface area contributed by atoms with Gasteiger partial charge in [0.2, 0.25) is 12.0 Å². The Morgan fingerprint density at radius 1 is 1.03 bits per heavy atom. The van der Waals surface area contributed by atoms with Gasteiger partial charge in [-0.05, 0) is 49.4 Å². The van der Waals surface area contributed by atoms with E-state index in [1.54, 1.807) is 13.0 Å². The van der Waals surface area contributed by atoms with Crippen molar-refractivity contribution in [1.82, 2.24) is 4.98 Å². The molecule has 0 saturated carbocycles. The van der Waals surface area contributed by atoms with Crippen LogP contribution in [0, 0.1) is 0 Å². The summed E-state index contributed by atoms with van der Waals surface area (Å²) in [5.41, 5.74) is 2.72. The predicted molar refractivity (Wildman–Crippen MR) is 121 cm³/mol. The van der Waals surface area contributed by atoms with Gasteiger partial charge >= 0.3 is 5.97 Å². The molecule has 0 aliphatic carbocycles. The zero-order chi connectivity index (χ0) is 21.1. The Hall–Kier alpha value is -2.64. The summed E-state index contributed by atoms with van der Waals surface area (Å²) in [5, 5.41) is 0. The van der Waals surface area contributed by atoms with Crippen LogP contribution in [0.4, 0.5) is 0 Å². The summed E-state index contributed by atoms with van der Waals surface area (Å²) < 4.78 is 19.1. The van der Waals surface area contributed by atoms with Crippen LogP contribution in [0.3, 0.4) is 0 Å². The Bertz CT molecular complexity index is 1170. The van der Waals surface area contributed by atoms with Crippen molar-refractivity contribution in [3.8, 4) is 17.2 Å². The SMILES string of the molecule is CCOC(=O)C(Oc1ccc(Br)cc1-c1nc2ccccc2o1)c1cccc(Br)c1. The molecule has 0 N–H and O–H groups in total. The molecule has 0 amide bonds. The molecule has 0 radical (unpaired) electrons. The Kier molecular flexibility index (Phi) is 6.20. The fraction of sp³-hybridized carbons (Fsp3) is 0.130. The molecule has 4 aromatic rings. The fourth-order valence-corrected chi connectivity index (χ4v) is 3.80. The third-order valence-corrected chi connectivity index (χ3v) is 5.35. The maximum Gasteiger partial charge on any atom is 0.352 e. The summed E-state index contributed by atoms with van der Waals surface area (Å²) in [6.45, 7) is 2.02. The van der Waals surface area contributed by atoms with Gasteiger partial charge in [-0.15, -0.1) is 0 Å². The van der Waals surface area contributed by atoms with Crippen LogP contribution in [-0.2, 0) is 9.53 Å². The van der Waals surface area contributed by atoms with E-state index in [9.17, 15) is 4.79 Å². The molecule has 4 rings (SSSR count). The summed E-state index contributed by atoms with van der Waals surface area (Å²) in [5.74, 6) is 0.397. The summed E-state index contributed by atoms with van der Waals surface area (Å²) in [6, 6.07) is 20.4. The first-order valence-corrected chi connectivity index (χ1v) is 10.9. The van der Waals surface area contributed by atoms with Crippen LogP contribution in [0.5, 0.6) is 5.75 Å². The fourth-order valence-electron chi connectivity index (χ4n) is 3.03. The molecule has 1 heterocycles. The van der Waals surface area contributed by atoms with Gasteiger partial charge in [-0.3, -0.25) is 0 Å². The Morgan fingerprint density at radius 2 is 1.83 bits per heavy atom. The second-order valence-corrected chi connectivity index (χ2v) is 8.26. The highest BCUT2D eigenvalue weighted by Gasteiger charge is 2.26. The predicted octanol–water partition coefficient (Wildman–Crippen LogP) is 6.70. The molecule has 1 atom stereocenters. The smallest absolute Gasteiger partial charge is 0.352 e. The lowest BCUT2D eigenvalue weighted by Gasteiger charge is -2.19. The van der Waals surface area contributed by atoms with Gasteiger partial charge < -0.3 is 13.9 Å². The van der Waals surface area contributed by atoms with Crippen LogP contribution in [0.15, 0.2) is 80.1 Å². The molecule has 0 saturated heterocycles. The maximum atomic E-state index is 12.7. The van der Waals surface area contributed by atoms with E-state index in [1.807, 2.05) is 60.7 Å². The van der Waals surface area contributed by atoms with Gasteiger partial charge in [0.15, 0.2) is 5.58 Å². The number of esters is 1. The molecule has 7 heteroatoms. The van der Waals surface area contributed by atoms with Crippen molar-refractivity contribution in [1.29, 1.82) is 0 Å². The number of benzene rings is 3. The number of halogens is 2. The van der Waals surface area contributed by atoms with Crippen molar-refractivity contribution in [2.45, 2.75) is 13.0 Å². The number of aromatic nitrogens is 1. The van der Waals surface area contributed by atoms with E-state index >= 15 is 0 Å². The molecule has 0 bridgehead atoms. The molecule has 1 aromatic heterocycles. The lowest BCUT2D eigenvalue weighted by molar-refractivity contribution is -0.151. The van der Waals surface area contributed by atoms with Gasteiger partial charge in [0.25, 0.3) is 0 Å². The van der Waals surface area contributed by atoms with Crippen molar-refractivity contribution in [2.75, 3.05) is 6.61 Å². The normalized spacial score (nSPS) is 12.0. The molecule has 152 valence electrons. The first-order chi connectivity index (χ1) is 14.5. The van der Waals surface area contributed by atoms with Gasteiger partial charge in [0.1, 0.15) is 11.3 Å². The van der Waals surface area contributed by atoms with Crippen molar-refractivity contribution < 1.29 is 18.7 Å². The second kappa shape index (κ2) is 9.02. The highest BCUT2D eigenvalue weighted by molar-refractivity contribution is 9.10. The first kappa shape index (κ1) is 20.6. The second-order valence-electron chi connectivity index (χ2n) is 6.43. The minimum absolute atomic E-state index is 0.255. The number of fused-ring (bicyclic) bond motifs is 1. The maximum absolute atomic E-state index is 12.7. The third kappa shape index (κ3) is 4.42. The first-order valence-electron chi connectivity index (χ1n) is 9.29. The number of hydrogen-bond donors (Lipinski definition) is 0. The van der Waals surface area contributed by atoms with E-state index in [1.165, 1.54) is 0 Å². The highest BCUT2D eigenvalue weighted by Crippen LogP contribution is 2.37. The molecule has 0 aliphatic heterocycles. The van der Waals surface area contributed by atoms with Crippen LogP contribution in [0.25, 0.3) is 22.6 Å². The number of hydrogen-bond acceptors (Lipinski definition) is 5. The lowest BCUT2D eigenvalue weighted by Crippen LogP contribution is -2.21. The summed E-state index contributed by atoms with van der Waals surface area (Å²) in [6.07, 6.45) is -0.938. The quantitative estimate of drug-likeness (QED) is 0.259. The largest absolute Gasteiger partial charge is 0.473 e. The number of carbonyl (C=O) groups excluding carboxylic acids is 1. The molecule has 0 fully saturated rings. The van der Waals surface area contributed by atoms with E-state index in [0.717, 1.165) is 14.5 Å². The average molecular weight is 531 g/mol. The van der Waals surface area contributed by atoms with Crippen LogP contribution in [0.2, 0.25) is 0 Å². The van der Waals surface area contributed by atoms with Crippen molar-refractivity contribution in [3.05, 3.63) is 81.2 Å². The van der Waals surface area contributed by atoms with Gasteiger partial charge in [-0.1, -0.05) is 56.1 Å². The standard InChI is InChI=1S/C23H17Br2NO4/c1-2-28-23(27)21(14-6-5-7-15(24)12-14)29-19-11-10-16(25)13-17(19)22-26-18-8-3-4-9-20(18)30-22/h3-13,21H,2H2,1H3. The van der Waals surface area contributed by atoms with Crippen LogP contribution in [-0.4, -0.2) is 17.6 Å². The number of ether oxygens (including phenoxy) is 2. The van der Waals surface area contributed by atoms with Crippen molar-refractivity contribution >= 4 is 48.9 Å². The van der Waals surface area contributed by atoms with Gasteiger partial charge in [0, 0.05) is 14.5 Å². The zero-order valence-electron chi connectivity index (χ0n) is 16.0. The topological polar surface area (TPSA) is 61.6 Å². The summed E-state index contributed by atoms with van der Waals surface area (Å²) in [7, 11) is 0. The van der Waals surface area contributed by atoms with E-state index in [4.69, 9.17) is 13.9 Å². The molecular formula is C23H17Br2NO4. The summed E-state index contributed by atoms with van der Waals surface area (Å²) >= 11 is 6.93. The van der Waals surface area contributed by atoms with E-state index in [-0.39, 0.29) is 6.61 Å². The highest BCUT2D eigenvalue weighted by atomic mass is 79.9. The minimum atomic E-state index is -0.938. The molecule has 0 spiro atoms. The monoisotopic (exact) mass is 529 g/mol. The van der Waals surface area contributed by atoms with Crippen molar-refractivity contribution in [2.24, 2.45) is 0 Å². The third-order valence-electron chi connectivity index (χ3n) is 4.36. The van der Waals surface area contributed by atoms with E-state index < -0.39 is 12.1 Å². The van der Waals surface area contributed by atoms with E-state index in [2.05, 4.69) is 36.8 Å². The van der Waals surface area contributed by atoms with Gasteiger partial charge in [-0.2, -0.15) is 0 Å². The lowest BCUT2D eigenvalue weighted by atomic mass is 10.1. The number of carbonyl (C=O) groups is 1. The van der Waals surface area contributed by atoms with Crippen LogP contribution in [0.1, 0.15) is 18.6 Å². The van der Waals surface area contributed by atoms with Crippen LogP contribution >= 0.6 is 31.9 Å². The summed E-state index contributed by atoms with van der Waals surface area (Å²) in [4.78, 5) is 17.3. The molecule has 30 heavy (non-hydrogen) atoms. The van der Waals surface area contributed by atoms with E-state index in [0.29, 0.717) is 28.4 Å². The zero-order valence-corrected chi connectivity index (χ0v) is 19.1. The number of oxazole rings is 1. The molecule has 5 nitrogen and oxygen atoms in total. The Morgan fingerprint density at radius 3 is 2.60 bits per heavy atom.